The fourth-order valence-corrected chi connectivity index (χ4v) is 10.1. The van der Waals surface area contributed by atoms with Crippen molar-refractivity contribution in [2.75, 3.05) is 33.3 Å². The number of likely N-dealkylation sites (tertiary alicyclic amines) is 1. The van der Waals surface area contributed by atoms with Crippen LogP contribution in [0.1, 0.15) is 69.3 Å². The lowest BCUT2D eigenvalue weighted by Gasteiger charge is -2.37. The zero-order valence-electron chi connectivity index (χ0n) is 35.3. The number of hydrogen-bond donors (Lipinski definition) is 2. The molecule has 6 heterocycles. The molecule has 14 nitrogen and oxygen atoms in total. The van der Waals surface area contributed by atoms with E-state index in [0.717, 1.165) is 90.5 Å². The second kappa shape index (κ2) is 16.6. The van der Waals surface area contributed by atoms with E-state index in [0.29, 0.717) is 18.8 Å². The first-order valence-corrected chi connectivity index (χ1v) is 21.6. The van der Waals surface area contributed by atoms with Crippen LogP contribution < -0.4 is 0 Å². The van der Waals surface area contributed by atoms with Crippen LogP contribution in [0.15, 0.2) is 97.8 Å². The van der Waals surface area contributed by atoms with E-state index in [1.807, 2.05) is 36.1 Å². The van der Waals surface area contributed by atoms with Crippen molar-refractivity contribution in [1.82, 2.24) is 49.1 Å². The van der Waals surface area contributed by atoms with Gasteiger partial charge in [0.15, 0.2) is 11.5 Å². The van der Waals surface area contributed by atoms with E-state index in [-0.39, 0.29) is 36.2 Å². The van der Waals surface area contributed by atoms with Crippen molar-refractivity contribution in [3.8, 4) is 33.6 Å². The van der Waals surface area contributed by atoms with E-state index >= 15 is 0 Å². The van der Waals surface area contributed by atoms with Crippen molar-refractivity contribution in [1.29, 1.82) is 0 Å². The van der Waals surface area contributed by atoms with Crippen molar-refractivity contribution in [3.63, 3.8) is 0 Å². The highest BCUT2D eigenvalue weighted by molar-refractivity contribution is 5.91. The molecular weight excluding hydrogens is 769 g/mol. The van der Waals surface area contributed by atoms with E-state index in [4.69, 9.17) is 14.7 Å². The van der Waals surface area contributed by atoms with Crippen molar-refractivity contribution in [2.24, 2.45) is 13.0 Å². The fourth-order valence-electron chi connectivity index (χ4n) is 10.1. The van der Waals surface area contributed by atoms with E-state index in [1.165, 1.54) is 7.11 Å². The average Bonchev–Trinajstić information content (AvgIpc) is 4.16. The maximum Gasteiger partial charge on any atom is 0.412 e. The standard InChI is InChI=1S/C47H54N10O4/c1-5-54(6-2)41(35-12-8-7-9-13-35)44(59)55-24-10-14-39(55)42-48-27-37(51-42)33-19-15-31(16-20-33)32-17-21-34(22-18-32)38-28-49-45(52-38)47-23-11-25-56(47)43(58)40(57(47)46(60)61-4)26-36-29-53(3)30-50-36/h7-9,12,15-22,27-30,35,39-41H,5-6,10-11,13-14,23-26H2,1-4H3,(H,48,51)(H,49,52)/t35?,39-,40-,41+,47+/m0/s1. The number of carbonyl (C=O) groups is 3. The van der Waals surface area contributed by atoms with Gasteiger partial charge >= 0.3 is 6.09 Å². The molecule has 2 aromatic carbocycles. The SMILES string of the molecule is CCN(CC)[C@@H](C(=O)N1CCC[C@H]1c1ncc(-c2ccc(-c3ccc(-c4cnc([C@]56CCCN5C(=O)[C@H](Cc5cn(C)cn5)N6C(=O)OC)[nH]4)cc3)cc2)[nH]1)C1C=CC=CC1. The van der Waals surface area contributed by atoms with Crippen molar-refractivity contribution < 1.29 is 19.1 Å². The molecule has 0 radical (unpaired) electrons. The number of aromatic nitrogens is 6. The first-order chi connectivity index (χ1) is 29.7. The lowest BCUT2D eigenvalue weighted by Crippen LogP contribution is -2.52. The van der Waals surface area contributed by atoms with Crippen LogP contribution >= 0.6 is 0 Å². The van der Waals surface area contributed by atoms with E-state index in [2.05, 4.69) is 99.3 Å². The van der Waals surface area contributed by atoms with Gasteiger partial charge in [-0.3, -0.25) is 19.4 Å². The highest BCUT2D eigenvalue weighted by Crippen LogP contribution is 2.48. The highest BCUT2D eigenvalue weighted by atomic mass is 16.5. The molecule has 5 aromatic rings. The quantitative estimate of drug-likeness (QED) is 0.139. The summed E-state index contributed by atoms with van der Waals surface area (Å²) in [5.74, 6) is 1.59. The summed E-state index contributed by atoms with van der Waals surface area (Å²) in [6, 6.07) is 15.7. The Balaban J connectivity index is 0.899. The normalized spacial score (nSPS) is 22.7. The molecule has 3 saturated heterocycles. The minimum Gasteiger partial charge on any atom is -0.453 e. The van der Waals surface area contributed by atoms with Crippen LogP contribution in [0.2, 0.25) is 0 Å². The van der Waals surface area contributed by atoms with Gasteiger partial charge in [0, 0.05) is 38.7 Å². The maximum atomic E-state index is 14.3. The van der Waals surface area contributed by atoms with Gasteiger partial charge in [-0.05, 0) is 67.4 Å². The van der Waals surface area contributed by atoms with Crippen LogP contribution in [-0.2, 0) is 33.5 Å². The third-order valence-corrected chi connectivity index (χ3v) is 13.2. The predicted octanol–water partition coefficient (Wildman–Crippen LogP) is 6.84. The molecule has 1 aliphatic carbocycles. The van der Waals surface area contributed by atoms with Gasteiger partial charge in [-0.2, -0.15) is 0 Å². The minimum absolute atomic E-state index is 0.0792. The summed E-state index contributed by atoms with van der Waals surface area (Å²) in [4.78, 5) is 70.5. The number of methoxy groups -OCH3 is 1. The van der Waals surface area contributed by atoms with Crippen LogP contribution in [0.4, 0.5) is 4.79 Å². The van der Waals surface area contributed by atoms with Crippen molar-refractivity contribution >= 4 is 17.9 Å². The Morgan fingerprint density at radius 2 is 1.59 bits per heavy atom. The zero-order valence-corrected chi connectivity index (χ0v) is 35.3. The monoisotopic (exact) mass is 822 g/mol. The van der Waals surface area contributed by atoms with Crippen LogP contribution in [0.25, 0.3) is 33.6 Å². The number of ether oxygens (including phenoxy) is 1. The number of aryl methyl sites for hydroxylation is 1. The second-order valence-corrected chi connectivity index (χ2v) is 16.6. The first kappa shape index (κ1) is 40.1. The van der Waals surface area contributed by atoms with Gasteiger partial charge in [-0.15, -0.1) is 0 Å². The number of benzene rings is 2. The molecule has 2 N–H and O–H groups in total. The fraction of sp³-hybridized carbons (Fsp3) is 0.404. The van der Waals surface area contributed by atoms with Gasteiger partial charge in [0.05, 0.1) is 55.0 Å². The number of allylic oxidation sites excluding steroid dienone is 3. The summed E-state index contributed by atoms with van der Waals surface area (Å²) >= 11 is 0. The summed E-state index contributed by atoms with van der Waals surface area (Å²) in [6.45, 7) is 7.18. The largest absolute Gasteiger partial charge is 0.453 e. The van der Waals surface area contributed by atoms with Gasteiger partial charge in [0.1, 0.15) is 11.9 Å². The van der Waals surface area contributed by atoms with Gasteiger partial charge in [0.25, 0.3) is 0 Å². The molecule has 14 heteroatoms. The Hall–Kier alpha value is -6.28. The van der Waals surface area contributed by atoms with E-state index in [9.17, 15) is 14.4 Å². The Morgan fingerprint density at radius 1 is 0.902 bits per heavy atom. The van der Waals surface area contributed by atoms with E-state index in [1.54, 1.807) is 22.3 Å². The molecule has 316 valence electrons. The number of rotatable bonds is 12. The summed E-state index contributed by atoms with van der Waals surface area (Å²) in [5.41, 5.74) is 5.43. The third kappa shape index (κ3) is 7.15. The molecule has 5 atom stereocenters. The highest BCUT2D eigenvalue weighted by Gasteiger charge is 2.63. The van der Waals surface area contributed by atoms with Gasteiger partial charge in [-0.25, -0.2) is 19.7 Å². The number of hydrogen-bond acceptors (Lipinski definition) is 8. The molecular formula is C47H54N10O4. The number of nitrogens with zero attached hydrogens (tertiary/aromatic N) is 8. The number of H-pyrrole nitrogens is 2. The Morgan fingerprint density at radius 3 is 2.23 bits per heavy atom. The lowest BCUT2D eigenvalue weighted by atomic mass is 9.90. The molecule has 3 aliphatic heterocycles. The van der Waals surface area contributed by atoms with Crippen LogP contribution in [0.3, 0.4) is 0 Å². The zero-order chi connectivity index (χ0) is 42.3. The van der Waals surface area contributed by atoms with Crippen molar-refractivity contribution in [2.45, 2.75) is 76.2 Å². The molecule has 0 spiro atoms. The number of imidazole rings is 3. The Bertz CT molecular complexity index is 2440. The molecule has 4 aliphatic rings. The number of likely N-dealkylation sites (N-methyl/N-ethyl adjacent to an activating group) is 1. The Kier molecular flexibility index (Phi) is 11.0. The van der Waals surface area contributed by atoms with Gasteiger partial charge in [0.2, 0.25) is 11.8 Å². The molecule has 3 fully saturated rings. The third-order valence-electron chi connectivity index (χ3n) is 13.2. The lowest BCUT2D eigenvalue weighted by molar-refractivity contribution is -0.139. The predicted molar refractivity (Wildman–Crippen MR) is 231 cm³/mol. The maximum absolute atomic E-state index is 14.3. The van der Waals surface area contributed by atoms with Crippen LogP contribution in [-0.4, -0.2) is 112 Å². The van der Waals surface area contributed by atoms with Gasteiger partial charge in [-0.1, -0.05) is 86.7 Å². The smallest absolute Gasteiger partial charge is 0.412 e. The molecule has 3 aromatic heterocycles. The number of carbonyl (C=O) groups excluding carboxylic acids is 3. The molecule has 3 amide bonds. The summed E-state index contributed by atoms with van der Waals surface area (Å²) < 4.78 is 7.11. The number of aromatic amines is 2. The van der Waals surface area contributed by atoms with Crippen LogP contribution in [0.5, 0.6) is 0 Å². The minimum atomic E-state index is -1.08. The number of fused-ring (bicyclic) bond motifs is 1. The Labute approximate surface area is 356 Å². The second-order valence-electron chi connectivity index (χ2n) is 16.6. The van der Waals surface area contributed by atoms with Crippen molar-refractivity contribution in [3.05, 3.63) is 115 Å². The molecule has 0 saturated carbocycles. The first-order valence-electron chi connectivity index (χ1n) is 21.6. The summed E-state index contributed by atoms with van der Waals surface area (Å²) in [6.07, 6.45) is 19.4. The van der Waals surface area contributed by atoms with Crippen LogP contribution in [0, 0.1) is 5.92 Å². The summed E-state index contributed by atoms with van der Waals surface area (Å²) in [7, 11) is 3.22. The van der Waals surface area contributed by atoms with Gasteiger partial charge < -0.3 is 29.1 Å². The molecule has 9 rings (SSSR count). The number of amides is 3. The summed E-state index contributed by atoms with van der Waals surface area (Å²) in [5, 5.41) is 0. The molecule has 61 heavy (non-hydrogen) atoms. The topological polar surface area (TPSA) is 149 Å². The molecule has 1 unspecified atom stereocenters. The van der Waals surface area contributed by atoms with E-state index < -0.39 is 17.8 Å². The molecule has 0 bridgehead atoms. The number of nitrogens with one attached hydrogen (secondary N) is 2. The average molecular weight is 823 g/mol.